The maximum absolute atomic E-state index is 13.4. The lowest BCUT2D eigenvalue weighted by atomic mass is 9.98. The van der Waals surface area contributed by atoms with Crippen LogP contribution in [-0.4, -0.2) is 57.9 Å². The zero-order valence-corrected chi connectivity index (χ0v) is 9.83. The van der Waals surface area contributed by atoms with Gasteiger partial charge in [-0.3, -0.25) is 0 Å². The van der Waals surface area contributed by atoms with Crippen molar-refractivity contribution in [3.63, 3.8) is 0 Å². The van der Waals surface area contributed by atoms with Crippen LogP contribution in [0.25, 0.3) is 0 Å². The summed E-state index contributed by atoms with van der Waals surface area (Å²) < 4.78 is 31.2. The molecule has 0 unspecified atom stereocenters. The van der Waals surface area contributed by atoms with Crippen LogP contribution in [-0.2, 0) is 4.74 Å². The number of rotatable bonds is 3. The molecule has 4 atom stereocenters. The molecule has 1 aliphatic rings. The molecule has 4 N–H and O–H groups in total. The molecule has 0 bridgehead atoms. The van der Waals surface area contributed by atoms with Gasteiger partial charge < -0.3 is 25.4 Å². The third-order valence-corrected chi connectivity index (χ3v) is 2.94. The minimum Gasteiger partial charge on any atom is -0.394 e. The molecule has 8 heteroatoms. The lowest BCUT2D eigenvalue weighted by molar-refractivity contribution is -0.152. The van der Waals surface area contributed by atoms with Crippen molar-refractivity contribution in [3.05, 3.63) is 23.9 Å². The number of nitrogens with one attached hydrogen (secondary N) is 1. The first-order valence-corrected chi connectivity index (χ1v) is 5.69. The van der Waals surface area contributed by atoms with Gasteiger partial charge in [0.05, 0.1) is 25.5 Å². The van der Waals surface area contributed by atoms with Crippen LogP contribution in [0.3, 0.4) is 0 Å². The Morgan fingerprint density at radius 3 is 2.74 bits per heavy atom. The molecular weight excluding hydrogens is 262 g/mol. The number of pyridine rings is 1. The zero-order chi connectivity index (χ0) is 14.0. The molecule has 2 rings (SSSR count). The zero-order valence-electron chi connectivity index (χ0n) is 9.83. The summed E-state index contributed by atoms with van der Waals surface area (Å²) in [5.74, 6) is -1.97. The number of aliphatic hydroxyl groups is 3. The van der Waals surface area contributed by atoms with E-state index < -0.39 is 42.6 Å². The SMILES string of the molecule is OC[C@H]1OC[C@H](Nc2ncc(F)cc2F)[C@@H](O)[C@H]1O. The van der Waals surface area contributed by atoms with E-state index in [2.05, 4.69) is 10.3 Å². The molecule has 2 heterocycles. The molecule has 6 nitrogen and oxygen atoms in total. The lowest BCUT2D eigenvalue weighted by Gasteiger charge is -2.37. The molecule has 0 saturated carbocycles. The van der Waals surface area contributed by atoms with Crippen LogP contribution in [0, 0.1) is 11.6 Å². The molecule has 1 aromatic heterocycles. The van der Waals surface area contributed by atoms with Crippen molar-refractivity contribution in [2.45, 2.75) is 24.4 Å². The minimum atomic E-state index is -1.31. The normalized spacial score (nSPS) is 31.2. The largest absolute Gasteiger partial charge is 0.394 e. The Morgan fingerprint density at radius 1 is 1.37 bits per heavy atom. The maximum Gasteiger partial charge on any atom is 0.168 e. The Morgan fingerprint density at radius 2 is 2.11 bits per heavy atom. The van der Waals surface area contributed by atoms with Gasteiger partial charge in [0.25, 0.3) is 0 Å². The van der Waals surface area contributed by atoms with Crippen molar-refractivity contribution in [2.24, 2.45) is 0 Å². The van der Waals surface area contributed by atoms with Gasteiger partial charge in [-0.15, -0.1) is 0 Å². The predicted octanol–water partition coefficient (Wildman–Crippen LogP) is -0.747. The molecular formula is C11H14F2N2O4. The standard InChI is InChI=1S/C11H14F2N2O4/c12-5-1-6(13)11(14-2-5)15-7-4-19-8(3-16)10(18)9(7)17/h1-2,7-10,16-18H,3-4H2,(H,14,15)/t7-,8+,9+,10-/m0/s1. The van der Waals surface area contributed by atoms with E-state index in [9.17, 15) is 19.0 Å². The van der Waals surface area contributed by atoms with Gasteiger partial charge in [-0.25, -0.2) is 13.8 Å². The van der Waals surface area contributed by atoms with Crippen LogP contribution in [0.15, 0.2) is 12.3 Å². The highest BCUT2D eigenvalue weighted by Gasteiger charge is 2.38. The average Bonchev–Trinajstić information content (AvgIpc) is 2.38. The van der Waals surface area contributed by atoms with Crippen molar-refractivity contribution in [2.75, 3.05) is 18.5 Å². The predicted molar refractivity (Wildman–Crippen MR) is 60.4 cm³/mol. The molecule has 0 aromatic carbocycles. The van der Waals surface area contributed by atoms with Crippen molar-refractivity contribution < 1.29 is 28.8 Å². The molecule has 106 valence electrons. The highest BCUT2D eigenvalue weighted by atomic mass is 19.1. The molecule has 0 amide bonds. The van der Waals surface area contributed by atoms with Gasteiger partial charge in [0.15, 0.2) is 11.6 Å². The molecule has 1 saturated heterocycles. The van der Waals surface area contributed by atoms with E-state index in [1.807, 2.05) is 0 Å². The fraction of sp³-hybridized carbons (Fsp3) is 0.545. The molecule has 0 aliphatic carbocycles. The number of ether oxygens (including phenoxy) is 1. The summed E-state index contributed by atoms with van der Waals surface area (Å²) in [6.07, 6.45) is -2.63. The first kappa shape index (κ1) is 14.1. The lowest BCUT2D eigenvalue weighted by Crippen LogP contribution is -2.56. The molecule has 19 heavy (non-hydrogen) atoms. The van der Waals surface area contributed by atoms with E-state index in [-0.39, 0.29) is 12.4 Å². The molecule has 1 fully saturated rings. The van der Waals surface area contributed by atoms with Crippen LogP contribution in [0.4, 0.5) is 14.6 Å². The van der Waals surface area contributed by atoms with E-state index in [1.54, 1.807) is 0 Å². The second kappa shape index (κ2) is 5.74. The van der Waals surface area contributed by atoms with E-state index in [4.69, 9.17) is 9.84 Å². The Balaban J connectivity index is 2.07. The Bertz CT molecular complexity index is 449. The van der Waals surface area contributed by atoms with Crippen LogP contribution in [0.5, 0.6) is 0 Å². The summed E-state index contributed by atoms with van der Waals surface area (Å²) >= 11 is 0. The fourth-order valence-corrected chi connectivity index (χ4v) is 1.87. The number of anilines is 1. The summed E-state index contributed by atoms with van der Waals surface area (Å²) in [5, 5.41) is 30.9. The van der Waals surface area contributed by atoms with E-state index in [1.165, 1.54) is 0 Å². The second-order valence-corrected chi connectivity index (χ2v) is 4.27. The smallest absolute Gasteiger partial charge is 0.168 e. The molecule has 0 spiro atoms. The van der Waals surface area contributed by atoms with Gasteiger partial charge in [-0.1, -0.05) is 0 Å². The van der Waals surface area contributed by atoms with Crippen LogP contribution in [0.2, 0.25) is 0 Å². The topological polar surface area (TPSA) is 94.8 Å². The highest BCUT2D eigenvalue weighted by molar-refractivity contribution is 5.37. The number of aromatic nitrogens is 1. The van der Waals surface area contributed by atoms with E-state index in [0.717, 1.165) is 6.20 Å². The Labute approximate surface area is 107 Å². The van der Waals surface area contributed by atoms with Gasteiger partial charge in [0.2, 0.25) is 0 Å². The minimum absolute atomic E-state index is 0.0536. The van der Waals surface area contributed by atoms with Crippen LogP contribution < -0.4 is 5.32 Å². The quantitative estimate of drug-likeness (QED) is 0.580. The summed E-state index contributed by atoms with van der Waals surface area (Å²) in [6.45, 7) is -0.490. The molecule has 1 aromatic rings. The number of aliphatic hydroxyl groups excluding tert-OH is 3. The van der Waals surface area contributed by atoms with Crippen molar-refractivity contribution >= 4 is 5.82 Å². The first-order chi connectivity index (χ1) is 9.02. The number of nitrogens with zero attached hydrogens (tertiary/aromatic N) is 1. The van der Waals surface area contributed by atoms with Gasteiger partial charge >= 0.3 is 0 Å². The maximum atomic E-state index is 13.4. The van der Waals surface area contributed by atoms with Gasteiger partial charge in [-0.2, -0.15) is 0 Å². The summed E-state index contributed by atoms with van der Waals surface area (Å²) in [6, 6.07) is -0.163. The third kappa shape index (κ3) is 2.98. The summed E-state index contributed by atoms with van der Waals surface area (Å²) in [4.78, 5) is 3.51. The monoisotopic (exact) mass is 276 g/mol. The summed E-state index contributed by atoms with van der Waals surface area (Å²) in [5.41, 5.74) is 0. The van der Waals surface area contributed by atoms with Crippen molar-refractivity contribution in [1.29, 1.82) is 0 Å². The number of hydrogen-bond donors (Lipinski definition) is 4. The van der Waals surface area contributed by atoms with Crippen LogP contribution >= 0.6 is 0 Å². The highest BCUT2D eigenvalue weighted by Crippen LogP contribution is 2.20. The third-order valence-electron chi connectivity index (χ3n) is 2.94. The van der Waals surface area contributed by atoms with Crippen molar-refractivity contribution in [1.82, 2.24) is 4.98 Å². The Kier molecular flexibility index (Phi) is 4.25. The van der Waals surface area contributed by atoms with Gasteiger partial charge in [0, 0.05) is 6.07 Å². The van der Waals surface area contributed by atoms with E-state index >= 15 is 0 Å². The fourth-order valence-electron chi connectivity index (χ4n) is 1.87. The summed E-state index contributed by atoms with van der Waals surface area (Å²) in [7, 11) is 0. The van der Waals surface area contributed by atoms with Crippen LogP contribution in [0.1, 0.15) is 0 Å². The van der Waals surface area contributed by atoms with Crippen molar-refractivity contribution in [3.8, 4) is 0 Å². The average molecular weight is 276 g/mol. The number of halogens is 2. The Hall–Kier alpha value is -1.35. The first-order valence-electron chi connectivity index (χ1n) is 5.69. The van der Waals surface area contributed by atoms with Gasteiger partial charge in [-0.05, 0) is 0 Å². The molecule has 1 aliphatic heterocycles. The van der Waals surface area contributed by atoms with E-state index in [0.29, 0.717) is 6.07 Å². The second-order valence-electron chi connectivity index (χ2n) is 4.27. The van der Waals surface area contributed by atoms with Gasteiger partial charge in [0.1, 0.15) is 24.1 Å². The number of hydrogen-bond acceptors (Lipinski definition) is 6. The molecule has 0 radical (unpaired) electrons.